The van der Waals surface area contributed by atoms with Gasteiger partial charge in [-0.3, -0.25) is 5.32 Å². The van der Waals surface area contributed by atoms with E-state index in [1.54, 1.807) is 0 Å². The predicted molar refractivity (Wildman–Crippen MR) is 80.5 cm³/mol. The number of anilines is 2. The summed E-state index contributed by atoms with van der Waals surface area (Å²) >= 11 is 3.34. The lowest BCUT2D eigenvalue weighted by atomic mass is 10.2. The summed E-state index contributed by atoms with van der Waals surface area (Å²) in [6.45, 7) is 3.86. The van der Waals surface area contributed by atoms with Crippen LogP contribution in [-0.2, 0) is 0 Å². The maximum Gasteiger partial charge on any atom is 0.324 e. The third-order valence-electron chi connectivity index (χ3n) is 2.44. The zero-order valence-electron chi connectivity index (χ0n) is 10.7. The van der Waals surface area contributed by atoms with Gasteiger partial charge in [0.15, 0.2) is 0 Å². The number of carbonyl (C=O) groups is 1. The summed E-state index contributed by atoms with van der Waals surface area (Å²) < 4.78 is 0.967. The Morgan fingerprint density at radius 3 is 2.42 bits per heavy atom. The molecule has 2 rings (SSSR count). The number of urea groups is 1. The molecule has 0 aliphatic rings. The number of hydrogen-bond acceptors (Lipinski definition) is 2. The van der Waals surface area contributed by atoms with Crippen LogP contribution in [0.15, 0.2) is 40.9 Å². The van der Waals surface area contributed by atoms with Crippen LogP contribution in [-0.4, -0.2) is 11.0 Å². The van der Waals surface area contributed by atoms with Crippen molar-refractivity contribution in [1.82, 2.24) is 4.98 Å². The lowest BCUT2D eigenvalue weighted by molar-refractivity contribution is 0.262. The molecule has 0 radical (unpaired) electrons. The molecule has 2 N–H and O–H groups in total. The third kappa shape index (κ3) is 4.06. The summed E-state index contributed by atoms with van der Waals surface area (Å²) in [5.74, 6) is 0.548. The lowest BCUT2D eigenvalue weighted by Gasteiger charge is -2.08. The topological polar surface area (TPSA) is 54.0 Å². The summed E-state index contributed by atoms with van der Waals surface area (Å²) in [6, 6.07) is 10.8. The summed E-state index contributed by atoms with van der Waals surface area (Å²) in [7, 11) is 0. The highest BCUT2D eigenvalue weighted by atomic mass is 79.9. The van der Waals surface area contributed by atoms with Crippen LogP contribution in [0.25, 0.3) is 0 Å². The van der Waals surface area contributed by atoms with Crippen molar-refractivity contribution in [3.05, 3.63) is 52.1 Å². The Kier molecular flexibility index (Phi) is 4.16. The molecule has 0 saturated heterocycles. The van der Waals surface area contributed by atoms with Crippen LogP contribution in [0.5, 0.6) is 0 Å². The second-order valence-electron chi connectivity index (χ2n) is 4.26. The fraction of sp³-hybridized carbons (Fsp3) is 0.143. The monoisotopic (exact) mass is 319 g/mol. The van der Waals surface area contributed by atoms with Crippen molar-refractivity contribution in [2.45, 2.75) is 13.8 Å². The normalized spacial score (nSPS) is 10.1. The maximum absolute atomic E-state index is 11.8. The molecule has 0 bridgehead atoms. The maximum atomic E-state index is 11.8. The summed E-state index contributed by atoms with van der Waals surface area (Å²) in [4.78, 5) is 16.1. The van der Waals surface area contributed by atoms with Gasteiger partial charge in [-0.15, -0.1) is 0 Å². The van der Waals surface area contributed by atoms with E-state index in [1.165, 1.54) is 0 Å². The van der Waals surface area contributed by atoms with E-state index in [-0.39, 0.29) is 6.03 Å². The van der Waals surface area contributed by atoms with Crippen molar-refractivity contribution in [2.24, 2.45) is 0 Å². The minimum absolute atomic E-state index is 0.306. The van der Waals surface area contributed by atoms with E-state index in [1.807, 2.05) is 50.2 Å². The highest BCUT2D eigenvalue weighted by Gasteiger charge is 2.04. The largest absolute Gasteiger partial charge is 0.324 e. The van der Waals surface area contributed by atoms with E-state index < -0.39 is 0 Å². The summed E-state index contributed by atoms with van der Waals surface area (Å²) in [5, 5.41) is 5.46. The molecule has 0 fully saturated rings. The minimum Gasteiger partial charge on any atom is -0.308 e. The average Bonchev–Trinajstić information content (AvgIpc) is 2.30. The molecule has 98 valence electrons. The van der Waals surface area contributed by atoms with Crippen LogP contribution < -0.4 is 10.6 Å². The zero-order valence-corrected chi connectivity index (χ0v) is 12.3. The van der Waals surface area contributed by atoms with Gasteiger partial charge in [0, 0.05) is 15.9 Å². The number of pyridine rings is 1. The summed E-state index contributed by atoms with van der Waals surface area (Å²) in [6.07, 6.45) is 0. The fourth-order valence-corrected chi connectivity index (χ4v) is 1.98. The van der Waals surface area contributed by atoms with Gasteiger partial charge >= 0.3 is 6.03 Å². The van der Waals surface area contributed by atoms with Gasteiger partial charge in [0.1, 0.15) is 5.82 Å². The van der Waals surface area contributed by atoms with Crippen molar-refractivity contribution >= 4 is 33.5 Å². The molecule has 0 aliphatic carbocycles. The Hall–Kier alpha value is -1.88. The smallest absolute Gasteiger partial charge is 0.308 e. The third-order valence-corrected chi connectivity index (χ3v) is 2.97. The Labute approximate surface area is 120 Å². The molecule has 0 spiro atoms. The number of benzene rings is 1. The number of aryl methyl sites for hydroxylation is 2. The lowest BCUT2D eigenvalue weighted by Crippen LogP contribution is -2.20. The molecule has 0 atom stereocenters. The first-order chi connectivity index (χ1) is 9.02. The van der Waals surface area contributed by atoms with E-state index >= 15 is 0 Å². The molecule has 0 aliphatic heterocycles. The van der Waals surface area contributed by atoms with Crippen molar-refractivity contribution in [1.29, 1.82) is 0 Å². The van der Waals surface area contributed by atoms with Crippen molar-refractivity contribution < 1.29 is 4.79 Å². The highest BCUT2D eigenvalue weighted by molar-refractivity contribution is 9.10. The first-order valence-corrected chi connectivity index (χ1v) is 6.61. The zero-order chi connectivity index (χ0) is 13.8. The number of aromatic nitrogens is 1. The molecule has 1 aromatic heterocycles. The molecule has 1 aromatic carbocycles. The standard InChI is InChI=1S/C14H14BrN3O/c1-9-7-10(2)16-13(8-9)18-14(19)17-12-5-3-11(15)4-6-12/h3-8H,1-2H3,(H2,16,17,18,19). The number of nitrogens with one attached hydrogen (secondary N) is 2. The molecule has 4 nitrogen and oxygen atoms in total. The number of nitrogens with zero attached hydrogens (tertiary/aromatic N) is 1. The molecule has 0 unspecified atom stereocenters. The van der Waals surface area contributed by atoms with Gasteiger partial charge in [-0.25, -0.2) is 9.78 Å². The van der Waals surface area contributed by atoms with Crippen LogP contribution in [0.2, 0.25) is 0 Å². The Bertz CT molecular complexity index is 576. The first-order valence-electron chi connectivity index (χ1n) is 5.82. The summed E-state index contributed by atoms with van der Waals surface area (Å²) in [5.41, 5.74) is 2.66. The fourth-order valence-electron chi connectivity index (χ4n) is 1.72. The van der Waals surface area contributed by atoms with E-state index in [0.717, 1.165) is 21.4 Å². The SMILES string of the molecule is Cc1cc(C)nc(NC(=O)Nc2ccc(Br)cc2)c1. The Balaban J connectivity index is 2.03. The van der Waals surface area contributed by atoms with Crippen LogP contribution >= 0.6 is 15.9 Å². The highest BCUT2D eigenvalue weighted by Crippen LogP contribution is 2.15. The van der Waals surface area contributed by atoms with Gasteiger partial charge in [0.2, 0.25) is 0 Å². The van der Waals surface area contributed by atoms with Gasteiger partial charge in [-0.05, 0) is 55.8 Å². The second-order valence-corrected chi connectivity index (χ2v) is 5.17. The quantitative estimate of drug-likeness (QED) is 0.875. The number of carbonyl (C=O) groups excluding carboxylic acids is 1. The Morgan fingerprint density at radius 2 is 1.79 bits per heavy atom. The molecular weight excluding hydrogens is 306 g/mol. The second kappa shape index (κ2) is 5.84. The van der Waals surface area contributed by atoms with E-state index in [0.29, 0.717) is 5.82 Å². The van der Waals surface area contributed by atoms with Gasteiger partial charge in [-0.1, -0.05) is 15.9 Å². The number of halogens is 1. The van der Waals surface area contributed by atoms with Crippen LogP contribution in [0.4, 0.5) is 16.3 Å². The Morgan fingerprint density at radius 1 is 1.11 bits per heavy atom. The van der Waals surface area contributed by atoms with E-state index in [2.05, 4.69) is 31.5 Å². The van der Waals surface area contributed by atoms with Crippen LogP contribution in [0.1, 0.15) is 11.3 Å². The molecule has 5 heteroatoms. The molecular formula is C14H14BrN3O. The van der Waals surface area contributed by atoms with Crippen molar-refractivity contribution in [3.8, 4) is 0 Å². The van der Waals surface area contributed by atoms with Crippen LogP contribution in [0.3, 0.4) is 0 Å². The van der Waals surface area contributed by atoms with E-state index in [9.17, 15) is 4.79 Å². The van der Waals surface area contributed by atoms with Gasteiger partial charge in [0.05, 0.1) is 0 Å². The molecule has 2 amide bonds. The van der Waals surface area contributed by atoms with Gasteiger partial charge < -0.3 is 5.32 Å². The minimum atomic E-state index is -0.306. The first kappa shape index (κ1) is 13.5. The predicted octanol–water partition coefficient (Wildman–Crippen LogP) is 4.10. The van der Waals surface area contributed by atoms with Crippen molar-refractivity contribution in [3.63, 3.8) is 0 Å². The molecule has 19 heavy (non-hydrogen) atoms. The van der Waals surface area contributed by atoms with Crippen molar-refractivity contribution in [2.75, 3.05) is 10.6 Å². The van der Waals surface area contributed by atoms with Gasteiger partial charge in [-0.2, -0.15) is 0 Å². The molecule has 2 aromatic rings. The molecule has 1 heterocycles. The average molecular weight is 320 g/mol. The van der Waals surface area contributed by atoms with Gasteiger partial charge in [0.25, 0.3) is 0 Å². The molecule has 0 saturated carbocycles. The van der Waals surface area contributed by atoms with E-state index in [4.69, 9.17) is 0 Å². The number of hydrogen-bond donors (Lipinski definition) is 2. The van der Waals surface area contributed by atoms with Crippen LogP contribution in [0, 0.1) is 13.8 Å². The number of rotatable bonds is 2. The number of amides is 2.